The molecule has 0 aliphatic heterocycles. The molecule has 0 spiro atoms. The fourth-order valence-corrected chi connectivity index (χ4v) is 3.63. The molecule has 0 amide bonds. The number of hydrogen-bond donors (Lipinski definition) is 0. The van der Waals surface area contributed by atoms with E-state index in [1.807, 2.05) is 6.07 Å². The highest BCUT2D eigenvalue weighted by Gasteiger charge is 2.23. The number of nitrogens with zero attached hydrogens (tertiary/aromatic N) is 1. The number of benzene rings is 2. The molecule has 0 unspecified atom stereocenters. The Balaban J connectivity index is 2.49. The topological polar surface area (TPSA) is 76.4 Å². The van der Waals surface area contributed by atoms with Crippen molar-refractivity contribution >= 4 is 37.6 Å². The van der Waals surface area contributed by atoms with Crippen LogP contribution in [-0.4, -0.2) is 15.0 Å². The summed E-state index contributed by atoms with van der Waals surface area (Å²) >= 11 is 8.76. The second-order valence-corrected chi connectivity index (χ2v) is 7.25. The molecule has 0 saturated carbocycles. The van der Waals surface area contributed by atoms with Crippen molar-refractivity contribution in [1.82, 2.24) is 0 Å². The van der Waals surface area contributed by atoms with Gasteiger partial charge in [0.2, 0.25) is 0 Å². The van der Waals surface area contributed by atoms with Crippen LogP contribution in [0.15, 0.2) is 39.7 Å². The maximum Gasteiger partial charge on any atom is 0.339 e. The van der Waals surface area contributed by atoms with Crippen molar-refractivity contribution in [2.75, 3.05) is 6.61 Å². The Morgan fingerprint density at radius 2 is 2.04 bits per heavy atom. The van der Waals surface area contributed by atoms with E-state index < -0.39 is 15.9 Å². The van der Waals surface area contributed by atoms with Crippen LogP contribution >= 0.6 is 27.5 Å². The summed E-state index contributed by atoms with van der Waals surface area (Å²) in [5.74, 6) is -0.776. The molecule has 126 valence electrons. The van der Waals surface area contributed by atoms with E-state index in [-0.39, 0.29) is 38.1 Å². The summed E-state index contributed by atoms with van der Waals surface area (Å²) in [6.45, 7) is 1.94. The molecule has 2 rings (SSSR count). The number of rotatable bonds is 5. The van der Waals surface area contributed by atoms with E-state index in [9.17, 15) is 12.8 Å². The molecule has 2 aromatic carbocycles. The lowest BCUT2D eigenvalue weighted by molar-refractivity contribution is 0.327. The van der Waals surface area contributed by atoms with Crippen LogP contribution in [0.25, 0.3) is 0 Å². The normalized spacial score (nSPS) is 11.0. The first-order valence-corrected chi connectivity index (χ1v) is 9.12. The fourth-order valence-electron chi connectivity index (χ4n) is 1.77. The smallest absolute Gasteiger partial charge is 0.339 e. The van der Waals surface area contributed by atoms with E-state index in [4.69, 9.17) is 25.8 Å². The first kappa shape index (κ1) is 18.5. The molecule has 0 atom stereocenters. The molecule has 0 heterocycles. The minimum Gasteiger partial charge on any atom is -0.490 e. The highest BCUT2D eigenvalue weighted by Crippen LogP contribution is 2.38. The second-order valence-electron chi connectivity index (χ2n) is 4.44. The molecule has 24 heavy (non-hydrogen) atoms. The Labute approximate surface area is 151 Å². The molecular formula is C15H10BrClFNO4S. The van der Waals surface area contributed by atoms with E-state index in [2.05, 4.69) is 15.9 Å². The number of nitriles is 1. The van der Waals surface area contributed by atoms with E-state index in [0.717, 1.165) is 18.2 Å². The van der Waals surface area contributed by atoms with Crippen molar-refractivity contribution in [3.05, 3.63) is 51.2 Å². The molecule has 0 fully saturated rings. The lowest BCUT2D eigenvalue weighted by atomic mass is 10.2. The van der Waals surface area contributed by atoms with Crippen LogP contribution in [-0.2, 0) is 10.1 Å². The zero-order valence-electron chi connectivity index (χ0n) is 12.2. The van der Waals surface area contributed by atoms with Crippen LogP contribution in [0.4, 0.5) is 4.39 Å². The zero-order chi connectivity index (χ0) is 17.9. The maximum atomic E-state index is 13.2. The first-order chi connectivity index (χ1) is 11.3. The third kappa shape index (κ3) is 3.98. The summed E-state index contributed by atoms with van der Waals surface area (Å²) in [7, 11) is -4.28. The van der Waals surface area contributed by atoms with E-state index >= 15 is 0 Å². The Morgan fingerprint density at radius 1 is 1.33 bits per heavy atom. The highest BCUT2D eigenvalue weighted by molar-refractivity contribution is 9.10. The minimum atomic E-state index is -4.28. The molecule has 5 nitrogen and oxygen atoms in total. The summed E-state index contributed by atoms with van der Waals surface area (Å²) in [5, 5.41) is 8.63. The van der Waals surface area contributed by atoms with Crippen molar-refractivity contribution in [2.45, 2.75) is 11.8 Å². The van der Waals surface area contributed by atoms with Gasteiger partial charge < -0.3 is 8.92 Å². The van der Waals surface area contributed by atoms with Crippen LogP contribution in [0.5, 0.6) is 11.5 Å². The fraction of sp³-hybridized carbons (Fsp3) is 0.133. The average molecular weight is 435 g/mol. The SMILES string of the molecule is CCOc1cc(C#N)cc(Br)c1OS(=O)(=O)c1ccc(F)c(Cl)c1. The van der Waals surface area contributed by atoms with Gasteiger partial charge in [-0.1, -0.05) is 11.6 Å². The van der Waals surface area contributed by atoms with Gasteiger partial charge in [0.25, 0.3) is 0 Å². The van der Waals surface area contributed by atoms with E-state index in [0.29, 0.717) is 0 Å². The monoisotopic (exact) mass is 433 g/mol. The van der Waals surface area contributed by atoms with Crippen molar-refractivity contribution in [2.24, 2.45) is 0 Å². The second kappa shape index (κ2) is 7.38. The maximum absolute atomic E-state index is 13.2. The Morgan fingerprint density at radius 3 is 2.62 bits per heavy atom. The highest BCUT2D eigenvalue weighted by atomic mass is 79.9. The number of hydrogen-bond acceptors (Lipinski definition) is 5. The molecular weight excluding hydrogens is 425 g/mol. The molecule has 0 N–H and O–H groups in total. The van der Waals surface area contributed by atoms with Gasteiger partial charge in [-0.25, -0.2) is 4.39 Å². The lowest BCUT2D eigenvalue weighted by Crippen LogP contribution is -2.11. The van der Waals surface area contributed by atoms with E-state index in [1.54, 1.807) is 6.92 Å². The van der Waals surface area contributed by atoms with Crippen molar-refractivity contribution in [3.63, 3.8) is 0 Å². The summed E-state index contributed by atoms with van der Waals surface area (Å²) in [5.41, 5.74) is 0.264. The van der Waals surface area contributed by atoms with Gasteiger partial charge in [0, 0.05) is 6.07 Å². The van der Waals surface area contributed by atoms with Gasteiger partial charge in [-0.3, -0.25) is 0 Å². The van der Waals surface area contributed by atoms with Crippen molar-refractivity contribution in [1.29, 1.82) is 5.26 Å². The molecule has 0 aliphatic carbocycles. The van der Waals surface area contributed by atoms with Gasteiger partial charge >= 0.3 is 10.1 Å². The number of halogens is 3. The van der Waals surface area contributed by atoms with Crippen LogP contribution < -0.4 is 8.92 Å². The van der Waals surface area contributed by atoms with Gasteiger partial charge in [0.05, 0.1) is 27.7 Å². The van der Waals surface area contributed by atoms with E-state index in [1.165, 1.54) is 12.1 Å². The third-order valence-corrected chi connectivity index (χ3v) is 4.91. The Bertz CT molecular complexity index is 928. The summed E-state index contributed by atoms with van der Waals surface area (Å²) in [6.07, 6.45) is 0. The molecule has 0 saturated heterocycles. The lowest BCUT2D eigenvalue weighted by Gasteiger charge is -2.14. The van der Waals surface area contributed by atoms with Crippen molar-refractivity contribution < 1.29 is 21.7 Å². The van der Waals surface area contributed by atoms with Gasteiger partial charge in [-0.05, 0) is 47.1 Å². The number of ether oxygens (including phenoxy) is 1. The summed E-state index contributed by atoms with van der Waals surface area (Å²) in [6, 6.07) is 7.59. The largest absolute Gasteiger partial charge is 0.490 e. The third-order valence-electron chi connectivity index (χ3n) is 2.81. The van der Waals surface area contributed by atoms with Crippen LogP contribution in [0, 0.1) is 17.1 Å². The van der Waals surface area contributed by atoms with Gasteiger partial charge in [0.15, 0.2) is 11.5 Å². The molecule has 0 aliphatic rings. The summed E-state index contributed by atoms with van der Waals surface area (Å²) < 4.78 is 48.6. The van der Waals surface area contributed by atoms with Crippen LogP contribution in [0.2, 0.25) is 5.02 Å². The molecule has 0 aromatic heterocycles. The quantitative estimate of drug-likeness (QED) is 0.657. The van der Waals surface area contributed by atoms with Gasteiger partial charge in [0.1, 0.15) is 10.7 Å². The average Bonchev–Trinajstić information content (AvgIpc) is 2.53. The molecule has 2 aromatic rings. The predicted octanol–water partition coefficient (Wildman–Crippen LogP) is 4.28. The Kier molecular flexibility index (Phi) is 5.70. The molecule has 0 bridgehead atoms. The summed E-state index contributed by atoms with van der Waals surface area (Å²) in [4.78, 5) is -0.312. The van der Waals surface area contributed by atoms with Crippen LogP contribution in [0.3, 0.4) is 0 Å². The van der Waals surface area contributed by atoms with Gasteiger partial charge in [-0.15, -0.1) is 0 Å². The zero-order valence-corrected chi connectivity index (χ0v) is 15.4. The van der Waals surface area contributed by atoms with Gasteiger partial charge in [-0.2, -0.15) is 13.7 Å². The first-order valence-electron chi connectivity index (χ1n) is 6.54. The molecule has 0 radical (unpaired) electrons. The van der Waals surface area contributed by atoms with Crippen molar-refractivity contribution in [3.8, 4) is 17.6 Å². The Hall–Kier alpha value is -1.82. The standard InChI is InChI=1S/C15H10BrClFNO4S/c1-2-22-14-6-9(8-19)5-11(16)15(14)23-24(20,21)10-3-4-13(18)12(17)7-10/h3-7H,2H2,1H3. The van der Waals surface area contributed by atoms with Crippen LogP contribution in [0.1, 0.15) is 12.5 Å². The minimum absolute atomic E-state index is 0.0835. The predicted molar refractivity (Wildman–Crippen MR) is 89.2 cm³/mol. The molecule has 9 heteroatoms.